The van der Waals surface area contributed by atoms with E-state index in [2.05, 4.69) is 9.68 Å². The van der Waals surface area contributed by atoms with Crippen LogP contribution in [-0.2, 0) is 9.68 Å². The summed E-state index contributed by atoms with van der Waals surface area (Å²) in [5, 5.41) is 27.0. The number of nitrogens with zero attached hydrogens (tertiary/aromatic N) is 2. The van der Waals surface area contributed by atoms with E-state index in [0.717, 1.165) is 0 Å². The van der Waals surface area contributed by atoms with Gasteiger partial charge in [-0.15, -0.1) is 20.2 Å². The number of aryl methyl sites for hydroxylation is 1. The zero-order valence-electron chi connectivity index (χ0n) is 11.3. The molecule has 0 fully saturated rings. The monoisotopic (exact) mass is 316 g/mol. The molecule has 0 aliphatic carbocycles. The number of carboxylic acid groups (broad SMARTS) is 1. The normalized spacial score (nSPS) is 11.3. The highest BCUT2D eigenvalue weighted by molar-refractivity contribution is 5.89. The molecule has 0 aromatic heterocycles. The summed E-state index contributed by atoms with van der Waals surface area (Å²) in [6.45, 7) is 0.484. The van der Waals surface area contributed by atoms with Gasteiger partial charge in [-0.25, -0.2) is 4.79 Å². The van der Waals surface area contributed by atoms with E-state index in [1.54, 1.807) is 6.92 Å². The van der Waals surface area contributed by atoms with Gasteiger partial charge in [-0.1, -0.05) is 0 Å². The topological polar surface area (TPSA) is 151 Å². The predicted octanol–water partition coefficient (Wildman–Crippen LogP) is 0.857. The van der Waals surface area contributed by atoms with Crippen LogP contribution in [0.15, 0.2) is 18.2 Å². The van der Waals surface area contributed by atoms with Crippen LogP contribution in [0.3, 0.4) is 0 Å². The Morgan fingerprint density at radius 2 is 1.95 bits per heavy atom. The zero-order chi connectivity index (χ0) is 16.7. The molecule has 0 saturated heterocycles. The molecule has 1 unspecified atom stereocenters. The fourth-order valence-corrected chi connectivity index (χ4v) is 1.53. The molecule has 0 amide bonds. The molecule has 120 valence electrons. The summed E-state index contributed by atoms with van der Waals surface area (Å²) in [5.74, 6) is -0.862. The summed E-state index contributed by atoms with van der Waals surface area (Å²) in [7, 11) is 0. The van der Waals surface area contributed by atoms with Crippen LogP contribution in [0.4, 0.5) is 0 Å². The lowest BCUT2D eigenvalue weighted by Gasteiger charge is -2.15. The van der Waals surface area contributed by atoms with E-state index in [1.807, 2.05) is 0 Å². The first-order chi connectivity index (χ1) is 10.3. The van der Waals surface area contributed by atoms with Crippen LogP contribution in [0.25, 0.3) is 0 Å². The molecule has 0 heterocycles. The van der Waals surface area contributed by atoms with Crippen molar-refractivity contribution in [3.63, 3.8) is 0 Å². The van der Waals surface area contributed by atoms with Crippen LogP contribution < -0.4 is 4.74 Å². The Morgan fingerprint density at radius 1 is 1.27 bits per heavy atom. The summed E-state index contributed by atoms with van der Waals surface area (Å²) in [5.41, 5.74) is 0.514. The van der Waals surface area contributed by atoms with Gasteiger partial charge in [0, 0.05) is 0 Å². The quantitative estimate of drug-likeness (QED) is 0.516. The van der Waals surface area contributed by atoms with Gasteiger partial charge in [0.1, 0.15) is 19.0 Å². The van der Waals surface area contributed by atoms with E-state index in [4.69, 9.17) is 9.84 Å². The molecule has 22 heavy (non-hydrogen) atoms. The molecule has 0 aliphatic heterocycles. The summed E-state index contributed by atoms with van der Waals surface area (Å²) in [4.78, 5) is 39.4. The number of hydrogen-bond donors (Lipinski definition) is 1. The molecular formula is C11H12N2O9. The van der Waals surface area contributed by atoms with Crippen molar-refractivity contribution < 1.29 is 34.5 Å². The molecule has 0 bridgehead atoms. The largest absolute Gasteiger partial charge is 0.491 e. The van der Waals surface area contributed by atoms with Gasteiger partial charge in [0.2, 0.25) is 0 Å². The minimum Gasteiger partial charge on any atom is -0.491 e. The summed E-state index contributed by atoms with van der Waals surface area (Å²) < 4.78 is 5.19. The van der Waals surface area contributed by atoms with Crippen molar-refractivity contribution in [1.82, 2.24) is 0 Å². The summed E-state index contributed by atoms with van der Waals surface area (Å²) in [6, 6.07) is 4.08. The molecule has 1 aromatic carbocycles. The van der Waals surface area contributed by atoms with Gasteiger partial charge >= 0.3 is 5.97 Å². The number of carbonyl (C=O) groups is 1. The van der Waals surface area contributed by atoms with Crippen molar-refractivity contribution in [1.29, 1.82) is 0 Å². The van der Waals surface area contributed by atoms with E-state index >= 15 is 0 Å². The third-order valence-corrected chi connectivity index (χ3v) is 2.47. The zero-order valence-corrected chi connectivity index (χ0v) is 11.3. The third kappa shape index (κ3) is 5.48. The number of rotatable bonds is 9. The number of carboxylic acids is 1. The van der Waals surface area contributed by atoms with Crippen molar-refractivity contribution in [2.45, 2.75) is 13.0 Å². The number of aromatic carboxylic acids is 1. The Morgan fingerprint density at radius 3 is 2.45 bits per heavy atom. The minimum absolute atomic E-state index is 0.0853. The van der Waals surface area contributed by atoms with Crippen LogP contribution in [0.1, 0.15) is 15.9 Å². The predicted molar refractivity (Wildman–Crippen MR) is 68.4 cm³/mol. The maximum atomic E-state index is 10.9. The fourth-order valence-electron chi connectivity index (χ4n) is 1.53. The molecule has 1 aromatic rings. The highest BCUT2D eigenvalue weighted by Gasteiger charge is 2.17. The van der Waals surface area contributed by atoms with Gasteiger partial charge in [-0.2, -0.15) is 0 Å². The molecule has 0 saturated carbocycles. The Balaban J connectivity index is 2.67. The second kappa shape index (κ2) is 7.61. The standard InChI is InChI=1S/C11H12N2O9/c1-7-4-8(2-3-10(7)11(14)15)20-5-9(22-13(18)19)6-21-12(16)17/h2-4,9H,5-6H2,1H3,(H,14,15). The molecule has 11 nitrogen and oxygen atoms in total. The second-order valence-corrected chi connectivity index (χ2v) is 4.06. The molecule has 11 heteroatoms. The first kappa shape index (κ1) is 16.9. The molecule has 0 radical (unpaired) electrons. The van der Waals surface area contributed by atoms with Crippen LogP contribution in [-0.4, -0.2) is 40.6 Å². The van der Waals surface area contributed by atoms with Crippen molar-refractivity contribution in [2.24, 2.45) is 0 Å². The molecule has 1 N–H and O–H groups in total. The second-order valence-electron chi connectivity index (χ2n) is 4.06. The van der Waals surface area contributed by atoms with Gasteiger partial charge < -0.3 is 19.5 Å². The summed E-state index contributed by atoms with van der Waals surface area (Å²) in [6.07, 6.45) is -1.31. The van der Waals surface area contributed by atoms with Crippen molar-refractivity contribution in [3.8, 4) is 5.75 Å². The average Bonchev–Trinajstić information content (AvgIpc) is 2.40. The van der Waals surface area contributed by atoms with E-state index in [9.17, 15) is 25.0 Å². The highest BCUT2D eigenvalue weighted by Crippen LogP contribution is 2.17. The van der Waals surface area contributed by atoms with Gasteiger partial charge in [-0.3, -0.25) is 0 Å². The first-order valence-corrected chi connectivity index (χ1v) is 5.84. The Labute approximate surface area is 123 Å². The first-order valence-electron chi connectivity index (χ1n) is 5.84. The Bertz CT molecular complexity index is 575. The molecule has 0 spiro atoms. The van der Waals surface area contributed by atoms with Crippen molar-refractivity contribution in [3.05, 3.63) is 49.6 Å². The highest BCUT2D eigenvalue weighted by atomic mass is 17.0. The van der Waals surface area contributed by atoms with E-state index in [1.165, 1.54) is 18.2 Å². The Hall–Kier alpha value is -3.11. The Kier molecular flexibility index (Phi) is 5.86. The van der Waals surface area contributed by atoms with Gasteiger partial charge in [0.15, 0.2) is 6.10 Å². The SMILES string of the molecule is Cc1cc(OCC(CO[N+](=O)[O-])O[N+](=O)[O-])ccc1C(=O)O. The van der Waals surface area contributed by atoms with E-state index in [0.29, 0.717) is 5.56 Å². The summed E-state index contributed by atoms with van der Waals surface area (Å²) >= 11 is 0. The number of hydrogen-bond acceptors (Lipinski definition) is 8. The molecule has 1 rings (SSSR count). The molecule has 0 aliphatic rings. The smallest absolute Gasteiger partial charge is 0.335 e. The van der Waals surface area contributed by atoms with Crippen LogP contribution in [0.5, 0.6) is 5.75 Å². The maximum Gasteiger partial charge on any atom is 0.335 e. The van der Waals surface area contributed by atoms with Gasteiger partial charge in [0.25, 0.3) is 10.2 Å². The lowest BCUT2D eigenvalue weighted by atomic mass is 10.1. The molecule has 1 atom stereocenters. The third-order valence-electron chi connectivity index (χ3n) is 2.47. The molecular weight excluding hydrogens is 304 g/mol. The van der Waals surface area contributed by atoms with Crippen molar-refractivity contribution >= 4 is 5.97 Å². The van der Waals surface area contributed by atoms with Crippen LogP contribution in [0, 0.1) is 27.2 Å². The van der Waals surface area contributed by atoms with E-state index < -0.39 is 28.9 Å². The van der Waals surface area contributed by atoms with E-state index in [-0.39, 0.29) is 17.9 Å². The van der Waals surface area contributed by atoms with Crippen LogP contribution >= 0.6 is 0 Å². The fraction of sp³-hybridized carbons (Fsp3) is 0.364. The van der Waals surface area contributed by atoms with Gasteiger partial charge in [-0.05, 0) is 30.7 Å². The van der Waals surface area contributed by atoms with Crippen LogP contribution in [0.2, 0.25) is 0 Å². The number of benzene rings is 1. The number of ether oxygens (including phenoxy) is 1. The minimum atomic E-state index is -1.31. The lowest BCUT2D eigenvalue weighted by molar-refractivity contribution is -0.790. The van der Waals surface area contributed by atoms with Gasteiger partial charge in [0.05, 0.1) is 5.56 Å². The van der Waals surface area contributed by atoms with Crippen molar-refractivity contribution in [2.75, 3.05) is 13.2 Å². The average molecular weight is 316 g/mol. The maximum absolute atomic E-state index is 10.9. The lowest BCUT2D eigenvalue weighted by Crippen LogP contribution is -2.30.